The second-order valence-corrected chi connectivity index (χ2v) is 4.44. The van der Waals surface area contributed by atoms with Crippen LogP contribution < -0.4 is 4.90 Å². The highest BCUT2D eigenvalue weighted by atomic mass is 79.9. The molecule has 0 radical (unpaired) electrons. The highest BCUT2D eigenvalue weighted by molar-refractivity contribution is 9.10. The number of ether oxygens (including phenoxy) is 1. The van der Waals surface area contributed by atoms with E-state index in [1.807, 2.05) is 24.8 Å². The van der Waals surface area contributed by atoms with Gasteiger partial charge in [0.05, 0.1) is 22.3 Å². The Morgan fingerprint density at radius 1 is 1.44 bits per heavy atom. The van der Waals surface area contributed by atoms with Crippen molar-refractivity contribution >= 4 is 21.6 Å². The lowest BCUT2D eigenvalue weighted by Gasteiger charge is -2.24. The zero-order chi connectivity index (χ0) is 13.5. The van der Waals surface area contributed by atoms with Crippen molar-refractivity contribution < 1.29 is 9.13 Å². The fourth-order valence-electron chi connectivity index (χ4n) is 1.64. The van der Waals surface area contributed by atoms with Crippen LogP contribution >= 0.6 is 15.9 Å². The van der Waals surface area contributed by atoms with Gasteiger partial charge in [0.1, 0.15) is 6.07 Å². The first-order valence-corrected chi connectivity index (χ1v) is 6.65. The van der Waals surface area contributed by atoms with Crippen LogP contribution in [0.3, 0.4) is 0 Å². The van der Waals surface area contributed by atoms with E-state index >= 15 is 0 Å². The van der Waals surface area contributed by atoms with Gasteiger partial charge in [0.15, 0.2) is 5.82 Å². The number of nitrogens with zero attached hydrogens (tertiary/aromatic N) is 2. The van der Waals surface area contributed by atoms with Gasteiger partial charge in [-0.1, -0.05) is 0 Å². The first-order valence-electron chi connectivity index (χ1n) is 5.86. The van der Waals surface area contributed by atoms with E-state index in [0.717, 1.165) is 0 Å². The summed E-state index contributed by atoms with van der Waals surface area (Å²) in [6.45, 7) is 6.40. The molecular formula is C13H16BrFN2O. The Bertz CT molecular complexity index is 445. The molecule has 0 aliphatic rings. The summed E-state index contributed by atoms with van der Waals surface area (Å²) in [7, 11) is 0. The average molecular weight is 315 g/mol. The SMILES string of the molecule is CCOCCN(CC)c1ccc(C#N)c(Br)c1F. The molecular weight excluding hydrogens is 299 g/mol. The number of nitriles is 1. The van der Waals surface area contributed by atoms with Gasteiger partial charge in [0.2, 0.25) is 0 Å². The average Bonchev–Trinajstić information content (AvgIpc) is 2.39. The van der Waals surface area contributed by atoms with Crippen LogP contribution in [-0.2, 0) is 4.74 Å². The second kappa shape index (κ2) is 7.34. The summed E-state index contributed by atoms with van der Waals surface area (Å²) in [6, 6.07) is 5.19. The Morgan fingerprint density at radius 3 is 2.72 bits per heavy atom. The van der Waals surface area contributed by atoms with Gasteiger partial charge < -0.3 is 9.64 Å². The number of halogens is 2. The molecule has 0 aliphatic carbocycles. The molecule has 0 saturated heterocycles. The van der Waals surface area contributed by atoms with Crippen LogP contribution in [0, 0.1) is 17.1 Å². The molecule has 3 nitrogen and oxygen atoms in total. The minimum absolute atomic E-state index is 0.220. The maximum Gasteiger partial charge on any atom is 0.161 e. The monoisotopic (exact) mass is 314 g/mol. The van der Waals surface area contributed by atoms with Crippen molar-refractivity contribution in [3.05, 3.63) is 28.0 Å². The summed E-state index contributed by atoms with van der Waals surface area (Å²) >= 11 is 3.12. The third-order valence-corrected chi connectivity index (χ3v) is 3.39. The van der Waals surface area contributed by atoms with Gasteiger partial charge in [0.25, 0.3) is 0 Å². The van der Waals surface area contributed by atoms with Gasteiger partial charge in [-0.2, -0.15) is 5.26 Å². The lowest BCUT2D eigenvalue weighted by Crippen LogP contribution is -2.28. The third-order valence-electron chi connectivity index (χ3n) is 2.61. The standard InChI is InChI=1S/C13H16BrFN2O/c1-3-17(7-8-18-4-2)11-6-5-10(9-16)12(14)13(11)15/h5-6H,3-4,7-8H2,1-2H3. The van der Waals surface area contributed by atoms with E-state index in [9.17, 15) is 4.39 Å². The van der Waals surface area contributed by atoms with Crippen molar-refractivity contribution in [2.45, 2.75) is 13.8 Å². The van der Waals surface area contributed by atoms with E-state index in [0.29, 0.717) is 37.6 Å². The molecule has 0 aliphatic heterocycles. The molecule has 0 unspecified atom stereocenters. The minimum Gasteiger partial charge on any atom is -0.380 e. The predicted octanol–water partition coefficient (Wildman–Crippen LogP) is 3.32. The maximum atomic E-state index is 14.1. The Labute approximate surface area is 115 Å². The fourth-order valence-corrected chi connectivity index (χ4v) is 2.06. The predicted molar refractivity (Wildman–Crippen MR) is 73.2 cm³/mol. The van der Waals surface area contributed by atoms with Crippen molar-refractivity contribution in [1.82, 2.24) is 0 Å². The normalized spacial score (nSPS) is 10.2. The Hall–Kier alpha value is -1.12. The molecule has 0 aromatic heterocycles. The van der Waals surface area contributed by atoms with Crippen LogP contribution in [-0.4, -0.2) is 26.3 Å². The Kier molecular flexibility index (Phi) is 6.10. The Morgan fingerprint density at radius 2 is 2.17 bits per heavy atom. The summed E-state index contributed by atoms with van der Waals surface area (Å²) in [6.07, 6.45) is 0. The first kappa shape index (κ1) is 14.9. The van der Waals surface area contributed by atoms with Crippen LogP contribution in [0.15, 0.2) is 16.6 Å². The lowest BCUT2D eigenvalue weighted by molar-refractivity contribution is 0.154. The molecule has 0 amide bonds. The molecule has 98 valence electrons. The quantitative estimate of drug-likeness (QED) is 0.756. The minimum atomic E-state index is -0.396. The molecule has 1 aromatic rings. The van der Waals surface area contributed by atoms with Crippen LogP contribution in [0.5, 0.6) is 0 Å². The fraction of sp³-hybridized carbons (Fsp3) is 0.462. The molecule has 1 aromatic carbocycles. The van der Waals surface area contributed by atoms with E-state index in [1.54, 1.807) is 12.1 Å². The molecule has 0 spiro atoms. The van der Waals surface area contributed by atoms with Gasteiger partial charge in [-0.15, -0.1) is 0 Å². The highest BCUT2D eigenvalue weighted by Gasteiger charge is 2.15. The number of likely N-dealkylation sites (N-methyl/N-ethyl adjacent to an activating group) is 1. The lowest BCUT2D eigenvalue weighted by atomic mass is 10.2. The molecule has 0 bridgehead atoms. The molecule has 0 saturated carbocycles. The van der Waals surface area contributed by atoms with Crippen molar-refractivity contribution in [1.29, 1.82) is 5.26 Å². The Balaban J connectivity index is 2.93. The molecule has 18 heavy (non-hydrogen) atoms. The largest absolute Gasteiger partial charge is 0.380 e. The number of rotatable bonds is 6. The molecule has 0 fully saturated rings. The van der Waals surface area contributed by atoms with Crippen molar-refractivity contribution in [3.63, 3.8) is 0 Å². The van der Waals surface area contributed by atoms with E-state index in [1.165, 1.54) is 0 Å². The second-order valence-electron chi connectivity index (χ2n) is 3.65. The molecule has 5 heteroatoms. The zero-order valence-corrected chi connectivity index (χ0v) is 12.1. The number of hydrogen-bond donors (Lipinski definition) is 0. The van der Waals surface area contributed by atoms with E-state index < -0.39 is 5.82 Å². The van der Waals surface area contributed by atoms with Crippen LogP contribution in [0.1, 0.15) is 19.4 Å². The maximum absolute atomic E-state index is 14.1. The molecule has 0 N–H and O–H groups in total. The van der Waals surface area contributed by atoms with Gasteiger partial charge in [-0.3, -0.25) is 0 Å². The van der Waals surface area contributed by atoms with Crippen molar-refractivity contribution in [2.75, 3.05) is 31.2 Å². The van der Waals surface area contributed by atoms with Crippen molar-refractivity contribution in [2.24, 2.45) is 0 Å². The van der Waals surface area contributed by atoms with Crippen molar-refractivity contribution in [3.8, 4) is 6.07 Å². The topological polar surface area (TPSA) is 36.3 Å². The van der Waals surface area contributed by atoms with Crippen LogP contribution in [0.25, 0.3) is 0 Å². The molecule has 0 atom stereocenters. The highest BCUT2D eigenvalue weighted by Crippen LogP contribution is 2.28. The van der Waals surface area contributed by atoms with Gasteiger partial charge in [-0.25, -0.2) is 4.39 Å². The molecule has 1 rings (SSSR count). The number of hydrogen-bond acceptors (Lipinski definition) is 3. The summed E-state index contributed by atoms with van der Waals surface area (Å²) in [4.78, 5) is 1.89. The van der Waals surface area contributed by atoms with Gasteiger partial charge >= 0.3 is 0 Å². The van der Waals surface area contributed by atoms with E-state index in [-0.39, 0.29) is 4.47 Å². The van der Waals surface area contributed by atoms with Gasteiger partial charge in [-0.05, 0) is 41.9 Å². The van der Waals surface area contributed by atoms with Gasteiger partial charge in [0, 0.05) is 19.7 Å². The molecule has 0 heterocycles. The summed E-state index contributed by atoms with van der Waals surface area (Å²) < 4.78 is 19.6. The van der Waals surface area contributed by atoms with Crippen LogP contribution in [0.4, 0.5) is 10.1 Å². The zero-order valence-electron chi connectivity index (χ0n) is 10.5. The van der Waals surface area contributed by atoms with Crippen LogP contribution in [0.2, 0.25) is 0 Å². The summed E-state index contributed by atoms with van der Waals surface area (Å²) in [5, 5.41) is 8.82. The van der Waals surface area contributed by atoms with E-state index in [4.69, 9.17) is 10.00 Å². The summed E-state index contributed by atoms with van der Waals surface area (Å²) in [5.74, 6) is -0.396. The number of benzene rings is 1. The third kappa shape index (κ3) is 3.44. The summed E-state index contributed by atoms with van der Waals surface area (Å²) in [5.41, 5.74) is 0.792. The number of anilines is 1. The smallest absolute Gasteiger partial charge is 0.161 e. The first-order chi connectivity index (χ1) is 8.65. The van der Waals surface area contributed by atoms with E-state index in [2.05, 4.69) is 15.9 Å².